The van der Waals surface area contributed by atoms with Crippen molar-refractivity contribution >= 4 is 28.9 Å². The highest BCUT2D eigenvalue weighted by atomic mass is 32.1. The van der Waals surface area contributed by atoms with Crippen molar-refractivity contribution in [2.45, 2.75) is 6.92 Å². The van der Waals surface area contributed by atoms with E-state index in [1.54, 1.807) is 6.07 Å². The lowest BCUT2D eigenvalue weighted by Crippen LogP contribution is -2.16. The molecule has 3 rings (SSSR count). The van der Waals surface area contributed by atoms with E-state index in [9.17, 15) is 9.59 Å². The number of aryl methyl sites for hydroxylation is 1. The van der Waals surface area contributed by atoms with Gasteiger partial charge in [-0.1, -0.05) is 30.3 Å². The molecule has 0 saturated carbocycles. The van der Waals surface area contributed by atoms with Crippen LogP contribution in [0.2, 0.25) is 0 Å². The van der Waals surface area contributed by atoms with E-state index in [2.05, 4.69) is 5.32 Å². The third kappa shape index (κ3) is 4.09. The number of hydrogen-bond donors (Lipinski definition) is 1. The predicted molar refractivity (Wildman–Crippen MR) is 113 cm³/mol. The molecule has 1 heterocycles. The molecule has 0 atom stereocenters. The van der Waals surface area contributed by atoms with Gasteiger partial charge in [0.2, 0.25) is 0 Å². The topological polar surface area (TPSA) is 73.9 Å². The number of esters is 1. The van der Waals surface area contributed by atoms with Crippen molar-refractivity contribution in [2.75, 3.05) is 26.6 Å². The van der Waals surface area contributed by atoms with Crippen LogP contribution in [0.15, 0.2) is 47.8 Å². The molecule has 0 unspecified atom stereocenters. The fourth-order valence-electron chi connectivity index (χ4n) is 3.04. The van der Waals surface area contributed by atoms with Gasteiger partial charge in [-0.3, -0.25) is 4.79 Å². The minimum atomic E-state index is -0.592. The van der Waals surface area contributed by atoms with Crippen molar-refractivity contribution in [3.63, 3.8) is 0 Å². The minimum absolute atomic E-state index is 0.173. The van der Waals surface area contributed by atoms with Gasteiger partial charge in [0.15, 0.2) is 11.5 Å². The maximum atomic E-state index is 13.1. The van der Waals surface area contributed by atoms with E-state index in [0.29, 0.717) is 17.1 Å². The van der Waals surface area contributed by atoms with Crippen LogP contribution in [0.4, 0.5) is 5.69 Å². The van der Waals surface area contributed by atoms with E-state index in [1.807, 2.05) is 42.6 Å². The van der Waals surface area contributed by atoms with Crippen LogP contribution in [0.5, 0.6) is 11.5 Å². The van der Waals surface area contributed by atoms with Crippen LogP contribution in [0, 0.1) is 6.92 Å². The summed E-state index contributed by atoms with van der Waals surface area (Å²) in [7, 11) is 4.23. The summed E-state index contributed by atoms with van der Waals surface area (Å²) in [5.74, 6) is -0.168. The van der Waals surface area contributed by atoms with E-state index in [0.717, 1.165) is 16.0 Å². The molecule has 0 radical (unpaired) electrons. The first-order valence-electron chi connectivity index (χ1n) is 8.79. The van der Waals surface area contributed by atoms with Gasteiger partial charge < -0.3 is 19.5 Å². The maximum Gasteiger partial charge on any atom is 0.340 e. The van der Waals surface area contributed by atoms with Gasteiger partial charge in [-0.2, -0.15) is 0 Å². The molecule has 0 fully saturated rings. The number of ether oxygens (including phenoxy) is 3. The summed E-state index contributed by atoms with van der Waals surface area (Å²) < 4.78 is 15.4. The number of anilines is 1. The largest absolute Gasteiger partial charge is 0.493 e. The van der Waals surface area contributed by atoms with Crippen molar-refractivity contribution in [3.05, 3.63) is 63.8 Å². The van der Waals surface area contributed by atoms with Crippen LogP contribution in [-0.4, -0.2) is 33.2 Å². The van der Waals surface area contributed by atoms with E-state index in [1.165, 1.54) is 38.7 Å². The average Bonchev–Trinajstić information content (AvgIpc) is 3.14. The van der Waals surface area contributed by atoms with Crippen LogP contribution in [-0.2, 0) is 4.74 Å². The highest BCUT2D eigenvalue weighted by Crippen LogP contribution is 2.36. The van der Waals surface area contributed by atoms with Gasteiger partial charge in [0.1, 0.15) is 0 Å². The van der Waals surface area contributed by atoms with Gasteiger partial charge in [-0.25, -0.2) is 4.79 Å². The first kappa shape index (κ1) is 20.4. The zero-order valence-electron chi connectivity index (χ0n) is 16.6. The Morgan fingerprint density at radius 2 is 1.59 bits per heavy atom. The Morgan fingerprint density at radius 1 is 0.931 bits per heavy atom. The summed E-state index contributed by atoms with van der Waals surface area (Å²) in [6.45, 7) is 1.97. The maximum absolute atomic E-state index is 13.1. The Kier molecular flexibility index (Phi) is 6.19. The zero-order chi connectivity index (χ0) is 21.0. The van der Waals surface area contributed by atoms with Gasteiger partial charge in [-0.05, 0) is 12.5 Å². The number of amides is 1. The quantitative estimate of drug-likeness (QED) is 0.591. The highest BCUT2D eigenvalue weighted by Gasteiger charge is 2.22. The fraction of sp³-hybridized carbons (Fsp3) is 0.182. The SMILES string of the molecule is COC(=O)c1cc(OC)c(OC)cc1NC(=O)c1csc(C)c1-c1ccccc1. The molecule has 0 aliphatic rings. The Hall–Kier alpha value is -3.32. The molecule has 1 N–H and O–H groups in total. The molecule has 2 aromatic carbocycles. The van der Waals surface area contributed by atoms with Gasteiger partial charge >= 0.3 is 5.97 Å². The van der Waals surface area contributed by atoms with E-state index in [4.69, 9.17) is 14.2 Å². The van der Waals surface area contributed by atoms with Crippen LogP contribution in [0.25, 0.3) is 11.1 Å². The second-order valence-corrected chi connectivity index (χ2v) is 7.23. The summed E-state index contributed by atoms with van der Waals surface area (Å²) in [4.78, 5) is 26.4. The second kappa shape index (κ2) is 8.79. The summed E-state index contributed by atoms with van der Waals surface area (Å²) in [6.07, 6.45) is 0. The number of methoxy groups -OCH3 is 3. The molecule has 0 aliphatic carbocycles. The third-order valence-electron chi connectivity index (χ3n) is 4.46. The van der Waals surface area contributed by atoms with Gasteiger partial charge in [0, 0.05) is 28.0 Å². The molecule has 7 heteroatoms. The van der Waals surface area contributed by atoms with Gasteiger partial charge in [0.05, 0.1) is 38.1 Å². The normalized spacial score (nSPS) is 10.3. The highest BCUT2D eigenvalue weighted by molar-refractivity contribution is 7.10. The zero-order valence-corrected chi connectivity index (χ0v) is 17.4. The molecule has 0 aliphatic heterocycles. The molecule has 1 amide bonds. The third-order valence-corrected chi connectivity index (χ3v) is 5.37. The summed E-state index contributed by atoms with van der Waals surface area (Å²) in [5, 5.41) is 4.63. The smallest absolute Gasteiger partial charge is 0.340 e. The summed E-state index contributed by atoms with van der Waals surface area (Å²) >= 11 is 1.50. The number of hydrogen-bond acceptors (Lipinski definition) is 6. The van der Waals surface area contributed by atoms with Gasteiger partial charge in [-0.15, -0.1) is 11.3 Å². The fourth-order valence-corrected chi connectivity index (χ4v) is 3.90. The lowest BCUT2D eigenvalue weighted by Gasteiger charge is -2.15. The Balaban J connectivity index is 2.03. The minimum Gasteiger partial charge on any atom is -0.493 e. The number of benzene rings is 2. The molecule has 150 valence electrons. The van der Waals surface area contributed by atoms with E-state index in [-0.39, 0.29) is 17.2 Å². The predicted octanol–water partition coefficient (Wildman–Crippen LogP) is 4.78. The van der Waals surface area contributed by atoms with Crippen molar-refractivity contribution in [3.8, 4) is 22.6 Å². The lowest BCUT2D eigenvalue weighted by molar-refractivity contribution is 0.0601. The lowest BCUT2D eigenvalue weighted by atomic mass is 10.0. The number of nitrogens with one attached hydrogen (secondary N) is 1. The molecule has 29 heavy (non-hydrogen) atoms. The van der Waals surface area contributed by atoms with Crippen molar-refractivity contribution in [1.29, 1.82) is 0 Å². The summed E-state index contributed by atoms with van der Waals surface area (Å²) in [5.41, 5.74) is 2.81. The molecule has 0 bridgehead atoms. The van der Waals surface area contributed by atoms with Crippen LogP contribution >= 0.6 is 11.3 Å². The Labute approximate surface area is 173 Å². The number of carbonyl (C=O) groups is 2. The van der Waals surface area contributed by atoms with Crippen LogP contribution in [0.3, 0.4) is 0 Å². The number of thiophene rings is 1. The first-order chi connectivity index (χ1) is 14.0. The second-order valence-electron chi connectivity index (χ2n) is 6.15. The molecule has 3 aromatic rings. The molecular weight excluding hydrogens is 390 g/mol. The van der Waals surface area contributed by atoms with Crippen molar-refractivity contribution in [1.82, 2.24) is 0 Å². The molecule has 0 saturated heterocycles. The Bertz CT molecular complexity index is 1040. The van der Waals surface area contributed by atoms with Gasteiger partial charge in [0.25, 0.3) is 5.91 Å². The average molecular weight is 411 g/mol. The molecule has 1 aromatic heterocycles. The van der Waals surface area contributed by atoms with Crippen molar-refractivity contribution in [2.24, 2.45) is 0 Å². The standard InChI is InChI=1S/C22H21NO5S/c1-13-20(14-8-6-5-7-9-14)16(12-29-13)21(24)23-17-11-19(27-3)18(26-2)10-15(17)22(25)28-4/h5-12H,1-4H3,(H,23,24). The molecular formula is C22H21NO5S. The Morgan fingerprint density at radius 3 is 2.21 bits per heavy atom. The van der Waals surface area contributed by atoms with Crippen molar-refractivity contribution < 1.29 is 23.8 Å². The number of rotatable bonds is 6. The first-order valence-corrected chi connectivity index (χ1v) is 9.67. The van der Waals surface area contributed by atoms with E-state index >= 15 is 0 Å². The molecule has 0 spiro atoms. The molecule has 6 nitrogen and oxygen atoms in total. The van der Waals surface area contributed by atoms with Crippen LogP contribution in [0.1, 0.15) is 25.6 Å². The number of carbonyl (C=O) groups excluding carboxylic acids is 2. The van der Waals surface area contributed by atoms with E-state index < -0.39 is 5.97 Å². The monoisotopic (exact) mass is 411 g/mol. The summed E-state index contributed by atoms with van der Waals surface area (Å²) in [6, 6.07) is 12.7. The van der Waals surface area contributed by atoms with Crippen LogP contribution < -0.4 is 14.8 Å².